The summed E-state index contributed by atoms with van der Waals surface area (Å²) < 4.78 is 5.98. The molecule has 2 aliphatic rings. The Hall–Kier alpha value is -2.75. The minimum Gasteiger partial charge on any atom is -0.486 e. The number of hydrogen-bond donors (Lipinski definition) is 0. The average molecular weight is 377 g/mol. The van der Waals surface area contributed by atoms with Crippen molar-refractivity contribution in [2.24, 2.45) is 0 Å². The molecule has 0 radical (unpaired) electrons. The first-order chi connectivity index (χ1) is 13.7. The maximum atomic E-state index is 12.9. The molecule has 1 aliphatic carbocycles. The van der Waals surface area contributed by atoms with Crippen molar-refractivity contribution in [2.75, 3.05) is 29.9 Å². The lowest BCUT2D eigenvalue weighted by Crippen LogP contribution is -2.26. The van der Waals surface area contributed by atoms with Crippen molar-refractivity contribution < 1.29 is 9.53 Å². The van der Waals surface area contributed by atoms with E-state index in [1.54, 1.807) is 4.90 Å². The van der Waals surface area contributed by atoms with Crippen LogP contribution in [0.1, 0.15) is 42.5 Å². The summed E-state index contributed by atoms with van der Waals surface area (Å²) in [6, 6.07) is 15.7. The topological polar surface area (TPSA) is 32.8 Å². The van der Waals surface area contributed by atoms with Crippen molar-refractivity contribution in [1.82, 2.24) is 0 Å². The molecular formula is C24H28N2O2. The first kappa shape index (κ1) is 18.6. The standard InChI is InChI=1S/C24H28N2O2/c1-25(20-11-13-21(14-12-20)26-17-5-6-18-26)24(27)19-9-15-23(16-10-19)28-22-7-3-2-4-8-22/h3,7,9-16,22H,2,4-6,8,17-18H2,1H3. The van der Waals surface area contributed by atoms with Gasteiger partial charge in [0.25, 0.3) is 5.91 Å². The second-order valence-corrected chi connectivity index (χ2v) is 7.61. The van der Waals surface area contributed by atoms with E-state index in [0.717, 1.165) is 37.4 Å². The fraction of sp³-hybridized carbons (Fsp3) is 0.375. The highest BCUT2D eigenvalue weighted by molar-refractivity contribution is 6.05. The molecule has 1 aliphatic heterocycles. The van der Waals surface area contributed by atoms with Gasteiger partial charge in [-0.3, -0.25) is 4.79 Å². The molecule has 1 unspecified atom stereocenters. The van der Waals surface area contributed by atoms with E-state index in [2.05, 4.69) is 29.2 Å². The van der Waals surface area contributed by atoms with E-state index in [4.69, 9.17) is 4.74 Å². The van der Waals surface area contributed by atoms with Crippen LogP contribution in [0, 0.1) is 0 Å². The minimum atomic E-state index is -0.0157. The van der Waals surface area contributed by atoms with Crippen molar-refractivity contribution in [1.29, 1.82) is 0 Å². The van der Waals surface area contributed by atoms with Gasteiger partial charge in [0, 0.05) is 37.1 Å². The molecule has 1 amide bonds. The lowest BCUT2D eigenvalue weighted by Gasteiger charge is -2.21. The number of carbonyl (C=O) groups is 1. The molecule has 146 valence electrons. The Balaban J connectivity index is 1.40. The van der Waals surface area contributed by atoms with Gasteiger partial charge in [0.2, 0.25) is 0 Å². The lowest BCUT2D eigenvalue weighted by atomic mass is 10.1. The van der Waals surface area contributed by atoms with Gasteiger partial charge in [-0.05, 0) is 86.7 Å². The normalized spacial score (nSPS) is 18.9. The molecular weight excluding hydrogens is 348 g/mol. The van der Waals surface area contributed by atoms with Crippen LogP contribution < -0.4 is 14.5 Å². The molecule has 0 aromatic heterocycles. The van der Waals surface area contributed by atoms with Crippen molar-refractivity contribution in [3.8, 4) is 5.75 Å². The SMILES string of the molecule is CN(C(=O)c1ccc(OC2C=CCCC2)cc1)c1ccc(N2CCCC2)cc1. The number of amides is 1. The molecule has 1 saturated heterocycles. The first-order valence-electron chi connectivity index (χ1n) is 10.3. The maximum Gasteiger partial charge on any atom is 0.258 e. The number of hydrogen-bond acceptors (Lipinski definition) is 3. The largest absolute Gasteiger partial charge is 0.486 e. The molecule has 4 rings (SSSR count). The Kier molecular flexibility index (Phi) is 5.65. The predicted octanol–water partition coefficient (Wildman–Crippen LogP) is 5.05. The number of ether oxygens (including phenoxy) is 1. The summed E-state index contributed by atoms with van der Waals surface area (Å²) in [5.74, 6) is 0.795. The quantitative estimate of drug-likeness (QED) is 0.685. The second-order valence-electron chi connectivity index (χ2n) is 7.61. The van der Waals surface area contributed by atoms with Crippen LogP contribution in [0.15, 0.2) is 60.7 Å². The van der Waals surface area contributed by atoms with Gasteiger partial charge in [0.05, 0.1) is 0 Å². The number of carbonyl (C=O) groups excluding carboxylic acids is 1. The highest BCUT2D eigenvalue weighted by atomic mass is 16.5. The van der Waals surface area contributed by atoms with E-state index in [9.17, 15) is 4.79 Å². The van der Waals surface area contributed by atoms with E-state index >= 15 is 0 Å². The Morgan fingerprint density at radius 2 is 1.71 bits per heavy atom. The van der Waals surface area contributed by atoms with Gasteiger partial charge < -0.3 is 14.5 Å². The highest BCUT2D eigenvalue weighted by Gasteiger charge is 2.16. The van der Waals surface area contributed by atoms with E-state index in [-0.39, 0.29) is 12.0 Å². The van der Waals surface area contributed by atoms with Crippen LogP contribution >= 0.6 is 0 Å². The number of nitrogens with zero attached hydrogens (tertiary/aromatic N) is 2. The monoisotopic (exact) mass is 376 g/mol. The molecule has 4 heteroatoms. The van der Waals surface area contributed by atoms with E-state index < -0.39 is 0 Å². The summed E-state index contributed by atoms with van der Waals surface area (Å²) >= 11 is 0. The summed E-state index contributed by atoms with van der Waals surface area (Å²) in [7, 11) is 1.82. The molecule has 0 N–H and O–H groups in total. The molecule has 0 saturated carbocycles. The number of allylic oxidation sites excluding steroid dienone is 1. The molecule has 2 aromatic carbocycles. The number of benzene rings is 2. The first-order valence-corrected chi connectivity index (χ1v) is 10.3. The average Bonchev–Trinajstić information content (AvgIpc) is 3.29. The molecule has 1 heterocycles. The lowest BCUT2D eigenvalue weighted by molar-refractivity contribution is 0.0993. The molecule has 2 aromatic rings. The summed E-state index contributed by atoms with van der Waals surface area (Å²) in [5.41, 5.74) is 2.80. The van der Waals surface area contributed by atoms with Gasteiger partial charge in [0.15, 0.2) is 0 Å². The van der Waals surface area contributed by atoms with Crippen molar-refractivity contribution in [2.45, 2.75) is 38.2 Å². The van der Waals surface area contributed by atoms with E-state index in [1.165, 1.54) is 24.9 Å². The van der Waals surface area contributed by atoms with Crippen LogP contribution in [0.2, 0.25) is 0 Å². The zero-order valence-corrected chi connectivity index (χ0v) is 16.5. The third-order valence-electron chi connectivity index (χ3n) is 5.61. The Morgan fingerprint density at radius 1 is 1.00 bits per heavy atom. The van der Waals surface area contributed by atoms with E-state index in [1.807, 2.05) is 43.4 Å². The van der Waals surface area contributed by atoms with Crippen LogP contribution in [0.4, 0.5) is 11.4 Å². The maximum absolute atomic E-state index is 12.9. The van der Waals surface area contributed by atoms with Gasteiger partial charge in [-0.15, -0.1) is 0 Å². The van der Waals surface area contributed by atoms with Crippen molar-refractivity contribution in [3.63, 3.8) is 0 Å². The van der Waals surface area contributed by atoms with Crippen molar-refractivity contribution in [3.05, 3.63) is 66.2 Å². The van der Waals surface area contributed by atoms with Crippen LogP contribution in [-0.4, -0.2) is 32.1 Å². The van der Waals surface area contributed by atoms with Gasteiger partial charge in [-0.25, -0.2) is 0 Å². The van der Waals surface area contributed by atoms with Gasteiger partial charge in [-0.2, -0.15) is 0 Å². The third-order valence-corrected chi connectivity index (χ3v) is 5.61. The van der Waals surface area contributed by atoms with Crippen LogP contribution in [0.3, 0.4) is 0 Å². The van der Waals surface area contributed by atoms with Gasteiger partial charge in [0.1, 0.15) is 11.9 Å². The minimum absolute atomic E-state index is 0.0157. The van der Waals surface area contributed by atoms with Crippen molar-refractivity contribution >= 4 is 17.3 Å². The molecule has 4 nitrogen and oxygen atoms in total. The predicted molar refractivity (Wildman–Crippen MR) is 114 cm³/mol. The van der Waals surface area contributed by atoms with Gasteiger partial charge >= 0.3 is 0 Å². The fourth-order valence-corrected chi connectivity index (χ4v) is 3.90. The van der Waals surface area contributed by atoms with Crippen LogP contribution in [0.25, 0.3) is 0 Å². The molecule has 1 atom stereocenters. The number of rotatable bonds is 5. The zero-order chi connectivity index (χ0) is 19.3. The summed E-state index contributed by atoms with van der Waals surface area (Å²) in [6.07, 6.45) is 10.3. The summed E-state index contributed by atoms with van der Waals surface area (Å²) in [5, 5.41) is 0. The Bertz CT molecular complexity index is 821. The van der Waals surface area contributed by atoms with Crippen LogP contribution in [0.5, 0.6) is 5.75 Å². The number of anilines is 2. The van der Waals surface area contributed by atoms with E-state index in [0.29, 0.717) is 5.56 Å². The zero-order valence-electron chi connectivity index (χ0n) is 16.5. The van der Waals surface area contributed by atoms with Crippen LogP contribution in [-0.2, 0) is 0 Å². The highest BCUT2D eigenvalue weighted by Crippen LogP contribution is 2.25. The Morgan fingerprint density at radius 3 is 2.36 bits per heavy atom. The third kappa shape index (κ3) is 4.22. The fourth-order valence-electron chi connectivity index (χ4n) is 3.90. The Labute approximate surface area is 167 Å². The van der Waals surface area contributed by atoms with Gasteiger partial charge in [-0.1, -0.05) is 6.08 Å². The second kappa shape index (κ2) is 8.51. The molecule has 0 bridgehead atoms. The molecule has 1 fully saturated rings. The summed E-state index contributed by atoms with van der Waals surface area (Å²) in [6.45, 7) is 2.25. The smallest absolute Gasteiger partial charge is 0.258 e. The molecule has 0 spiro atoms. The molecule has 28 heavy (non-hydrogen) atoms. The summed E-state index contributed by atoms with van der Waals surface area (Å²) in [4.78, 5) is 16.9.